The predicted molar refractivity (Wildman–Crippen MR) is 143 cm³/mol. The van der Waals surface area contributed by atoms with Crippen LogP contribution in [0.5, 0.6) is 0 Å². The van der Waals surface area contributed by atoms with Crippen molar-refractivity contribution in [1.29, 1.82) is 0 Å². The molecule has 184 valence electrons. The molecule has 8 nitrogen and oxygen atoms in total. The minimum atomic E-state index is -0.145. The maximum atomic E-state index is 13.3. The first kappa shape index (κ1) is 24.4. The molecule has 1 aliphatic heterocycles. The van der Waals surface area contributed by atoms with E-state index in [9.17, 15) is 9.59 Å². The number of thiophene rings is 2. The second-order valence-corrected chi connectivity index (χ2v) is 11.1. The van der Waals surface area contributed by atoms with Crippen LogP contribution in [0.4, 0.5) is 0 Å². The summed E-state index contributed by atoms with van der Waals surface area (Å²) in [4.78, 5) is 27.3. The highest BCUT2D eigenvalue weighted by Gasteiger charge is 2.33. The zero-order chi connectivity index (χ0) is 25.1. The molecular weight excluding hydrogens is 513 g/mol. The summed E-state index contributed by atoms with van der Waals surface area (Å²) in [6.45, 7) is 2.30. The van der Waals surface area contributed by atoms with Crippen molar-refractivity contribution >= 4 is 52.0 Å². The van der Waals surface area contributed by atoms with Crippen LogP contribution in [-0.2, 0) is 18.4 Å². The van der Waals surface area contributed by atoms with Gasteiger partial charge in [0, 0.05) is 13.5 Å². The first-order valence-electron chi connectivity index (χ1n) is 11.3. The average Bonchev–Trinajstić information content (AvgIpc) is 3.69. The minimum Gasteiger partial charge on any atom is -0.344 e. The normalized spacial score (nSPS) is 15.2. The van der Waals surface area contributed by atoms with E-state index in [4.69, 9.17) is 5.10 Å². The summed E-state index contributed by atoms with van der Waals surface area (Å²) in [5, 5.41) is 22.1. The fourth-order valence-corrected chi connectivity index (χ4v) is 5.99. The molecule has 1 aliphatic rings. The smallest absolute Gasteiger partial charge is 0.261 e. The number of rotatable bonds is 8. The first-order valence-corrected chi connectivity index (χ1v) is 14.1. The topological polar surface area (TPSA) is 92.5 Å². The number of amides is 2. The van der Waals surface area contributed by atoms with Crippen molar-refractivity contribution in [2.45, 2.75) is 31.1 Å². The quantitative estimate of drug-likeness (QED) is 0.331. The molecule has 36 heavy (non-hydrogen) atoms. The van der Waals surface area contributed by atoms with Gasteiger partial charge in [-0.3, -0.25) is 9.59 Å². The number of carbonyl (C=O) groups is 2. The van der Waals surface area contributed by atoms with Crippen molar-refractivity contribution in [2.24, 2.45) is 12.1 Å². The van der Waals surface area contributed by atoms with E-state index in [0.29, 0.717) is 22.3 Å². The van der Waals surface area contributed by atoms with Crippen molar-refractivity contribution in [3.8, 4) is 0 Å². The molecule has 1 N–H and O–H groups in total. The van der Waals surface area contributed by atoms with E-state index < -0.39 is 0 Å². The number of thioether (sulfide) groups is 1. The van der Waals surface area contributed by atoms with Gasteiger partial charge < -0.3 is 9.88 Å². The lowest BCUT2D eigenvalue weighted by Gasteiger charge is -2.22. The predicted octanol–water partition coefficient (Wildman–Crippen LogP) is 4.65. The molecule has 2 amide bonds. The van der Waals surface area contributed by atoms with Crippen molar-refractivity contribution < 1.29 is 9.59 Å². The van der Waals surface area contributed by atoms with Crippen LogP contribution in [0.3, 0.4) is 0 Å². The van der Waals surface area contributed by atoms with Gasteiger partial charge in [0.15, 0.2) is 11.0 Å². The zero-order valence-corrected chi connectivity index (χ0v) is 22.2. The van der Waals surface area contributed by atoms with Crippen molar-refractivity contribution in [1.82, 2.24) is 25.1 Å². The molecule has 0 saturated heterocycles. The number of nitrogens with one attached hydrogen (secondary N) is 1. The van der Waals surface area contributed by atoms with Gasteiger partial charge in [0.1, 0.15) is 0 Å². The van der Waals surface area contributed by atoms with E-state index in [1.54, 1.807) is 27.0 Å². The lowest BCUT2D eigenvalue weighted by molar-refractivity contribution is -0.130. The number of carbonyl (C=O) groups excluding carboxylic acids is 2. The standard InChI is InChI=1S/C25H24N6O2S3/c1-16-7-9-17(10-8-16)19-13-18(20-5-3-11-34-20)29-31(19)23(32)15-36-25-28-27-22(30(25)2)14-26-24(33)21-6-4-12-35-21/h3-12,19H,13-15H2,1-2H3,(H,26,33). The Hall–Kier alpha value is -3.28. The Kier molecular flexibility index (Phi) is 7.30. The van der Waals surface area contributed by atoms with Crippen LogP contribution in [0.15, 0.2) is 69.5 Å². The van der Waals surface area contributed by atoms with Gasteiger partial charge in [-0.15, -0.1) is 32.9 Å². The maximum absolute atomic E-state index is 13.3. The number of hydrazone groups is 1. The lowest BCUT2D eigenvalue weighted by atomic mass is 10.00. The first-order chi connectivity index (χ1) is 17.5. The second kappa shape index (κ2) is 10.8. The van der Waals surface area contributed by atoms with Crippen LogP contribution < -0.4 is 5.32 Å². The lowest BCUT2D eigenvalue weighted by Crippen LogP contribution is -2.28. The van der Waals surface area contributed by atoms with Crippen LogP contribution in [0, 0.1) is 6.92 Å². The third-order valence-corrected chi connectivity index (χ3v) is 8.63. The molecular formula is C25H24N6O2S3. The number of benzene rings is 1. The molecule has 4 heterocycles. The van der Waals surface area contributed by atoms with Gasteiger partial charge in [-0.25, -0.2) is 5.01 Å². The number of hydrogen-bond acceptors (Lipinski definition) is 8. The summed E-state index contributed by atoms with van der Waals surface area (Å²) in [5.74, 6) is 0.559. The fourth-order valence-electron chi connectivity index (χ4n) is 3.85. The summed E-state index contributed by atoms with van der Waals surface area (Å²) in [7, 11) is 1.83. The summed E-state index contributed by atoms with van der Waals surface area (Å²) in [6, 6.07) is 15.8. The van der Waals surface area contributed by atoms with Gasteiger partial charge in [-0.2, -0.15) is 5.10 Å². The van der Waals surface area contributed by atoms with E-state index in [-0.39, 0.29) is 30.2 Å². The van der Waals surface area contributed by atoms with Gasteiger partial charge in [0.2, 0.25) is 0 Å². The van der Waals surface area contributed by atoms with Gasteiger partial charge in [0.05, 0.1) is 33.8 Å². The Bertz CT molecular complexity index is 1380. The number of hydrogen-bond donors (Lipinski definition) is 1. The third kappa shape index (κ3) is 5.28. The third-order valence-electron chi connectivity index (χ3n) is 5.84. The Morgan fingerprint density at radius 2 is 1.86 bits per heavy atom. The number of aromatic nitrogens is 3. The molecule has 0 fully saturated rings. The average molecular weight is 537 g/mol. The molecule has 5 rings (SSSR count). The molecule has 0 bridgehead atoms. The molecule has 0 saturated carbocycles. The SMILES string of the molecule is Cc1ccc(C2CC(c3cccs3)=NN2C(=O)CSc2nnc(CNC(=O)c3cccs3)n2C)cc1. The van der Waals surface area contributed by atoms with E-state index in [2.05, 4.69) is 39.8 Å². The Morgan fingerprint density at radius 3 is 2.58 bits per heavy atom. The van der Waals surface area contributed by atoms with Crippen LogP contribution in [-0.4, -0.2) is 43.1 Å². The largest absolute Gasteiger partial charge is 0.344 e. The van der Waals surface area contributed by atoms with E-state index in [0.717, 1.165) is 16.2 Å². The highest BCUT2D eigenvalue weighted by molar-refractivity contribution is 7.99. The van der Waals surface area contributed by atoms with Crippen LogP contribution in [0.2, 0.25) is 0 Å². The molecule has 0 radical (unpaired) electrons. The van der Waals surface area contributed by atoms with Crippen LogP contribution >= 0.6 is 34.4 Å². The molecule has 1 aromatic carbocycles. The summed E-state index contributed by atoms with van der Waals surface area (Å²) in [5.41, 5.74) is 3.17. The molecule has 0 spiro atoms. The van der Waals surface area contributed by atoms with Crippen LogP contribution in [0.1, 0.15) is 44.0 Å². The Balaban J connectivity index is 1.26. The van der Waals surface area contributed by atoms with Gasteiger partial charge in [0.25, 0.3) is 11.8 Å². The molecule has 11 heteroatoms. The molecule has 1 unspecified atom stereocenters. The van der Waals surface area contributed by atoms with Gasteiger partial charge >= 0.3 is 0 Å². The van der Waals surface area contributed by atoms with E-state index in [1.807, 2.05) is 42.9 Å². The number of nitrogens with zero attached hydrogens (tertiary/aromatic N) is 5. The second-order valence-electron chi connectivity index (χ2n) is 8.30. The highest BCUT2D eigenvalue weighted by atomic mass is 32.2. The summed E-state index contributed by atoms with van der Waals surface area (Å²) >= 11 is 4.33. The molecule has 0 aliphatic carbocycles. The zero-order valence-electron chi connectivity index (χ0n) is 19.7. The van der Waals surface area contributed by atoms with Crippen molar-refractivity contribution in [3.05, 3.63) is 86.0 Å². The Labute approximate surface area is 221 Å². The van der Waals surface area contributed by atoms with Crippen molar-refractivity contribution in [3.63, 3.8) is 0 Å². The van der Waals surface area contributed by atoms with E-state index in [1.165, 1.54) is 28.7 Å². The monoisotopic (exact) mass is 536 g/mol. The summed E-state index contributed by atoms with van der Waals surface area (Å²) < 4.78 is 1.80. The Morgan fingerprint density at radius 1 is 1.08 bits per heavy atom. The molecule has 4 aromatic rings. The van der Waals surface area contributed by atoms with E-state index >= 15 is 0 Å². The molecule has 1 atom stereocenters. The molecule has 3 aromatic heterocycles. The van der Waals surface area contributed by atoms with Gasteiger partial charge in [-0.1, -0.05) is 53.7 Å². The fraction of sp³-hybridized carbons (Fsp3) is 0.240. The van der Waals surface area contributed by atoms with Gasteiger partial charge in [-0.05, 0) is 35.4 Å². The highest BCUT2D eigenvalue weighted by Crippen LogP contribution is 2.34. The maximum Gasteiger partial charge on any atom is 0.261 e. The number of aryl methyl sites for hydroxylation is 1. The minimum absolute atomic E-state index is 0.0901. The summed E-state index contributed by atoms with van der Waals surface area (Å²) in [6.07, 6.45) is 0.679. The van der Waals surface area contributed by atoms with Crippen LogP contribution in [0.25, 0.3) is 0 Å². The van der Waals surface area contributed by atoms with Crippen molar-refractivity contribution in [2.75, 3.05) is 5.75 Å².